The molecule has 2 N–H and O–H groups in total. The molecule has 0 aliphatic carbocycles. The summed E-state index contributed by atoms with van der Waals surface area (Å²) in [6, 6.07) is 6.96. The Morgan fingerprint density at radius 3 is 2.59 bits per heavy atom. The second-order valence-corrected chi connectivity index (χ2v) is 3.90. The maximum absolute atomic E-state index is 10.9. The molecule has 0 radical (unpaired) electrons. The molecule has 0 bridgehead atoms. The van der Waals surface area contributed by atoms with E-state index in [2.05, 4.69) is 5.10 Å². The first-order valence-corrected chi connectivity index (χ1v) is 5.18. The number of aromatic hydroxyl groups is 1. The van der Waals surface area contributed by atoms with Gasteiger partial charge in [-0.3, -0.25) is 4.68 Å². The molecule has 0 spiro atoms. The van der Waals surface area contributed by atoms with Gasteiger partial charge in [0.15, 0.2) is 11.4 Å². The largest absolute Gasteiger partial charge is 0.504 e. The Balaban J connectivity index is 2.30. The van der Waals surface area contributed by atoms with Crippen LogP contribution in [0.5, 0.6) is 5.75 Å². The molecule has 1 aromatic heterocycles. The van der Waals surface area contributed by atoms with E-state index in [4.69, 9.17) is 16.7 Å². The lowest BCUT2D eigenvalue weighted by Crippen LogP contribution is -2.10. The minimum absolute atomic E-state index is 0.222. The van der Waals surface area contributed by atoms with E-state index >= 15 is 0 Å². The van der Waals surface area contributed by atoms with Gasteiger partial charge in [-0.05, 0) is 17.7 Å². The van der Waals surface area contributed by atoms with Crippen molar-refractivity contribution in [3.63, 3.8) is 0 Å². The van der Waals surface area contributed by atoms with Crippen LogP contribution in [0.2, 0.25) is 5.02 Å². The van der Waals surface area contributed by atoms with E-state index in [-0.39, 0.29) is 18.0 Å². The molecular formula is C11H9ClN2O3. The molecule has 0 saturated carbocycles. The maximum atomic E-state index is 10.9. The molecule has 0 aliphatic heterocycles. The molecule has 2 rings (SSSR count). The number of halogens is 1. The number of carboxylic acids is 1. The number of carbonyl (C=O) groups is 1. The van der Waals surface area contributed by atoms with Crippen molar-refractivity contribution in [1.29, 1.82) is 0 Å². The third-order valence-electron chi connectivity index (χ3n) is 2.27. The summed E-state index contributed by atoms with van der Waals surface area (Å²) in [5.41, 5.74) is 0.625. The summed E-state index contributed by atoms with van der Waals surface area (Å²) in [5.74, 6) is -1.56. The molecule has 1 heterocycles. The topological polar surface area (TPSA) is 75.3 Å². The molecule has 0 unspecified atom stereocenters. The Hall–Kier alpha value is -2.01. The highest BCUT2D eigenvalue weighted by Gasteiger charge is 2.17. The van der Waals surface area contributed by atoms with Crippen LogP contribution in [0.3, 0.4) is 0 Å². The zero-order chi connectivity index (χ0) is 12.4. The number of benzene rings is 1. The molecule has 0 amide bonds. The molecule has 1 aromatic carbocycles. The first kappa shape index (κ1) is 11.5. The fourth-order valence-corrected chi connectivity index (χ4v) is 1.60. The van der Waals surface area contributed by atoms with Gasteiger partial charge in [-0.25, -0.2) is 4.79 Å². The second-order valence-electron chi connectivity index (χ2n) is 3.47. The lowest BCUT2D eigenvalue weighted by atomic mass is 10.2. The van der Waals surface area contributed by atoms with E-state index in [9.17, 15) is 9.90 Å². The van der Waals surface area contributed by atoms with E-state index in [1.807, 2.05) is 0 Å². The van der Waals surface area contributed by atoms with Gasteiger partial charge in [-0.1, -0.05) is 23.7 Å². The van der Waals surface area contributed by atoms with Gasteiger partial charge in [0.1, 0.15) is 0 Å². The monoisotopic (exact) mass is 252 g/mol. The van der Waals surface area contributed by atoms with E-state index in [1.165, 1.54) is 4.68 Å². The number of hydrogen-bond donors (Lipinski definition) is 2. The number of aromatic carboxylic acids is 1. The van der Waals surface area contributed by atoms with Gasteiger partial charge in [0.2, 0.25) is 0 Å². The average Bonchev–Trinajstić information content (AvgIpc) is 2.63. The van der Waals surface area contributed by atoms with Gasteiger partial charge in [-0.2, -0.15) is 5.10 Å². The van der Waals surface area contributed by atoms with Crippen LogP contribution < -0.4 is 0 Å². The van der Waals surface area contributed by atoms with Gasteiger partial charge < -0.3 is 10.2 Å². The second kappa shape index (κ2) is 4.47. The van der Waals surface area contributed by atoms with Crippen LogP contribution in [-0.2, 0) is 6.54 Å². The normalized spacial score (nSPS) is 10.4. The standard InChI is InChI=1S/C11H9ClN2O3/c12-8-3-1-7(2-4-8)6-14-10(11(16)17)9(15)5-13-14/h1-5,15H,6H2,(H,16,17). The van der Waals surface area contributed by atoms with E-state index in [1.54, 1.807) is 24.3 Å². The number of rotatable bonds is 3. The SMILES string of the molecule is O=C(O)c1c(O)cnn1Cc1ccc(Cl)cc1. The van der Waals surface area contributed by atoms with Crippen LogP contribution in [-0.4, -0.2) is 26.0 Å². The average molecular weight is 253 g/mol. The van der Waals surface area contributed by atoms with Crippen LogP contribution in [0.4, 0.5) is 0 Å². The maximum Gasteiger partial charge on any atom is 0.358 e. The molecule has 0 atom stereocenters. The van der Waals surface area contributed by atoms with Gasteiger partial charge in [-0.15, -0.1) is 0 Å². The van der Waals surface area contributed by atoms with Crippen molar-refractivity contribution in [3.8, 4) is 5.75 Å². The minimum Gasteiger partial charge on any atom is -0.504 e. The van der Waals surface area contributed by atoms with Crippen molar-refractivity contribution < 1.29 is 15.0 Å². The lowest BCUT2D eigenvalue weighted by molar-refractivity contribution is 0.0680. The molecule has 0 saturated heterocycles. The van der Waals surface area contributed by atoms with Crippen LogP contribution in [0.25, 0.3) is 0 Å². The third kappa shape index (κ3) is 2.39. The van der Waals surface area contributed by atoms with Crippen LogP contribution in [0, 0.1) is 0 Å². The van der Waals surface area contributed by atoms with E-state index in [0.29, 0.717) is 5.02 Å². The molecular weight excluding hydrogens is 244 g/mol. The third-order valence-corrected chi connectivity index (χ3v) is 2.52. The molecule has 2 aromatic rings. The van der Waals surface area contributed by atoms with Crippen molar-refractivity contribution in [2.45, 2.75) is 6.54 Å². The van der Waals surface area contributed by atoms with Crippen LogP contribution >= 0.6 is 11.6 Å². The van der Waals surface area contributed by atoms with Crippen molar-refractivity contribution in [1.82, 2.24) is 9.78 Å². The summed E-state index contributed by atoms with van der Waals surface area (Å²) in [6.45, 7) is 0.263. The molecule has 6 heteroatoms. The summed E-state index contributed by atoms with van der Waals surface area (Å²) in [6.07, 6.45) is 1.11. The highest BCUT2D eigenvalue weighted by molar-refractivity contribution is 6.30. The summed E-state index contributed by atoms with van der Waals surface area (Å²) in [5, 5.41) is 22.7. The Labute approximate surface area is 102 Å². The quantitative estimate of drug-likeness (QED) is 0.876. The molecule has 17 heavy (non-hydrogen) atoms. The molecule has 5 nitrogen and oxygen atoms in total. The van der Waals surface area contributed by atoms with Crippen molar-refractivity contribution in [2.24, 2.45) is 0 Å². The zero-order valence-corrected chi connectivity index (χ0v) is 9.42. The Kier molecular flexibility index (Phi) is 3.01. The van der Waals surface area contributed by atoms with Gasteiger partial charge in [0, 0.05) is 5.02 Å². The Bertz CT molecular complexity index is 548. The molecule has 88 valence electrons. The fourth-order valence-electron chi connectivity index (χ4n) is 1.48. The number of aromatic nitrogens is 2. The molecule has 0 fully saturated rings. The Morgan fingerprint density at radius 2 is 2.00 bits per heavy atom. The summed E-state index contributed by atoms with van der Waals surface area (Å²) in [4.78, 5) is 10.9. The Morgan fingerprint density at radius 1 is 1.35 bits per heavy atom. The van der Waals surface area contributed by atoms with E-state index in [0.717, 1.165) is 11.8 Å². The highest BCUT2D eigenvalue weighted by atomic mass is 35.5. The number of nitrogens with zero attached hydrogens (tertiary/aromatic N) is 2. The summed E-state index contributed by atoms with van der Waals surface area (Å²) < 4.78 is 1.22. The fraction of sp³-hybridized carbons (Fsp3) is 0.0909. The van der Waals surface area contributed by atoms with Crippen LogP contribution in [0.15, 0.2) is 30.5 Å². The minimum atomic E-state index is -1.21. The van der Waals surface area contributed by atoms with Gasteiger partial charge in [0.05, 0.1) is 12.7 Å². The predicted molar refractivity (Wildman–Crippen MR) is 61.4 cm³/mol. The van der Waals surface area contributed by atoms with Gasteiger partial charge in [0.25, 0.3) is 0 Å². The van der Waals surface area contributed by atoms with Crippen molar-refractivity contribution in [2.75, 3.05) is 0 Å². The lowest BCUT2D eigenvalue weighted by Gasteiger charge is -2.04. The first-order chi connectivity index (χ1) is 8.08. The van der Waals surface area contributed by atoms with Gasteiger partial charge >= 0.3 is 5.97 Å². The predicted octanol–water partition coefficient (Wildman–Crippen LogP) is 1.99. The molecule has 0 aliphatic rings. The zero-order valence-electron chi connectivity index (χ0n) is 8.67. The summed E-state index contributed by atoms with van der Waals surface area (Å²) in [7, 11) is 0. The highest BCUT2D eigenvalue weighted by Crippen LogP contribution is 2.17. The number of hydrogen-bond acceptors (Lipinski definition) is 3. The van der Waals surface area contributed by atoms with Crippen LogP contribution in [0.1, 0.15) is 16.1 Å². The number of carboxylic acid groups (broad SMARTS) is 1. The smallest absolute Gasteiger partial charge is 0.358 e. The van der Waals surface area contributed by atoms with Crippen molar-refractivity contribution in [3.05, 3.63) is 46.7 Å². The summed E-state index contributed by atoms with van der Waals surface area (Å²) >= 11 is 5.74. The van der Waals surface area contributed by atoms with Crippen molar-refractivity contribution >= 4 is 17.6 Å². The van der Waals surface area contributed by atoms with E-state index < -0.39 is 5.97 Å². The first-order valence-electron chi connectivity index (χ1n) is 4.80.